The molecule has 0 saturated carbocycles. The minimum absolute atomic E-state index is 0.0891. The first-order chi connectivity index (χ1) is 12.6. The van der Waals surface area contributed by atoms with Crippen molar-refractivity contribution >= 4 is 21.6 Å². The Kier molecular flexibility index (Phi) is 4.70. The Morgan fingerprint density at radius 3 is 2.58 bits per heavy atom. The van der Waals surface area contributed by atoms with Crippen LogP contribution in [0.1, 0.15) is 16.5 Å². The van der Waals surface area contributed by atoms with Crippen LogP contribution >= 0.6 is 11.8 Å². The first-order valence-corrected chi connectivity index (χ1v) is 10.8. The molecule has 0 saturated heterocycles. The van der Waals surface area contributed by atoms with Crippen molar-refractivity contribution < 1.29 is 13.2 Å². The number of benzene rings is 2. The molecule has 0 bridgehead atoms. The zero-order valence-corrected chi connectivity index (χ0v) is 15.5. The molecule has 0 fully saturated rings. The van der Waals surface area contributed by atoms with Crippen molar-refractivity contribution in [1.82, 2.24) is 4.98 Å². The summed E-state index contributed by atoms with van der Waals surface area (Å²) in [6.45, 7) is 0.306. The van der Waals surface area contributed by atoms with Crippen LogP contribution in [0.2, 0.25) is 0 Å². The summed E-state index contributed by atoms with van der Waals surface area (Å²) < 4.78 is 31.2. The molecular weight excluding hydrogens is 366 g/mol. The van der Waals surface area contributed by atoms with Gasteiger partial charge in [-0.25, -0.2) is 8.42 Å². The molecule has 0 N–H and O–H groups in total. The highest BCUT2D eigenvalue weighted by molar-refractivity contribution is 8.01. The number of ether oxygens (including phenoxy) is 1. The average molecular weight is 383 g/mol. The molecule has 4 nitrogen and oxygen atoms in total. The Bertz CT molecular complexity index is 1010. The predicted molar refractivity (Wildman–Crippen MR) is 102 cm³/mol. The van der Waals surface area contributed by atoms with Gasteiger partial charge in [0.2, 0.25) is 0 Å². The van der Waals surface area contributed by atoms with Gasteiger partial charge in [-0.2, -0.15) is 0 Å². The van der Waals surface area contributed by atoms with E-state index in [1.165, 1.54) is 0 Å². The third kappa shape index (κ3) is 3.48. The highest BCUT2D eigenvalue weighted by Crippen LogP contribution is 2.48. The van der Waals surface area contributed by atoms with Crippen LogP contribution in [0.5, 0.6) is 5.75 Å². The maximum absolute atomic E-state index is 12.6. The molecular formula is C20H17NO3S2. The van der Waals surface area contributed by atoms with Gasteiger partial charge in [0.05, 0.1) is 21.6 Å². The number of thioether (sulfide) groups is 1. The van der Waals surface area contributed by atoms with E-state index in [1.54, 1.807) is 30.1 Å². The van der Waals surface area contributed by atoms with E-state index in [-0.39, 0.29) is 11.0 Å². The zero-order valence-electron chi connectivity index (χ0n) is 13.9. The number of nitrogens with zero attached hydrogens (tertiary/aromatic N) is 1. The van der Waals surface area contributed by atoms with Gasteiger partial charge in [0.15, 0.2) is 9.84 Å². The summed E-state index contributed by atoms with van der Waals surface area (Å²) in [5.74, 6) is 0.703. The van der Waals surface area contributed by atoms with Crippen molar-refractivity contribution in [2.75, 3.05) is 5.75 Å². The molecule has 1 aromatic heterocycles. The number of fused-ring (bicyclic) bond motifs is 1. The molecule has 1 unspecified atom stereocenters. The van der Waals surface area contributed by atoms with Crippen LogP contribution in [0.4, 0.5) is 0 Å². The fraction of sp³-hybridized carbons (Fsp3) is 0.150. The molecule has 0 amide bonds. The molecule has 1 aliphatic heterocycles. The lowest BCUT2D eigenvalue weighted by atomic mass is 10.1. The highest BCUT2D eigenvalue weighted by Gasteiger charge is 2.37. The quantitative estimate of drug-likeness (QED) is 0.658. The summed E-state index contributed by atoms with van der Waals surface area (Å²) in [6.07, 6.45) is 1.71. The third-order valence-corrected chi connectivity index (χ3v) is 7.42. The minimum Gasteiger partial charge on any atom is -0.487 e. The van der Waals surface area contributed by atoms with Crippen LogP contribution in [-0.4, -0.2) is 19.2 Å². The number of sulfone groups is 1. The number of aromatic nitrogens is 1. The SMILES string of the molecule is O=S1(=O)CC(Sc2ccccc2)c2c(OCc3ccccn3)cccc21. The Labute approximate surface area is 157 Å². The van der Waals surface area contributed by atoms with Crippen molar-refractivity contribution in [3.8, 4) is 5.75 Å². The molecule has 0 spiro atoms. The summed E-state index contributed by atoms with van der Waals surface area (Å²) >= 11 is 1.56. The maximum atomic E-state index is 12.6. The topological polar surface area (TPSA) is 56.3 Å². The van der Waals surface area contributed by atoms with E-state index >= 15 is 0 Å². The number of rotatable bonds is 5. The van der Waals surface area contributed by atoms with E-state index in [2.05, 4.69) is 4.98 Å². The average Bonchev–Trinajstić information content (AvgIpc) is 2.92. The van der Waals surface area contributed by atoms with Gasteiger partial charge in [-0.15, -0.1) is 11.8 Å². The van der Waals surface area contributed by atoms with E-state index in [4.69, 9.17) is 4.74 Å². The smallest absolute Gasteiger partial charge is 0.180 e. The molecule has 0 aliphatic carbocycles. The standard InChI is InChI=1S/C20H17NO3S2/c22-26(23)14-18(25-16-8-2-1-3-9-16)20-17(10-6-11-19(20)26)24-13-15-7-4-5-12-21-15/h1-12,18H,13-14H2. The van der Waals surface area contributed by atoms with Gasteiger partial charge in [0.1, 0.15) is 12.4 Å². The van der Waals surface area contributed by atoms with E-state index < -0.39 is 9.84 Å². The van der Waals surface area contributed by atoms with Crippen LogP contribution < -0.4 is 4.74 Å². The van der Waals surface area contributed by atoms with Gasteiger partial charge < -0.3 is 4.74 Å². The number of pyridine rings is 1. The molecule has 0 radical (unpaired) electrons. The molecule has 2 aromatic carbocycles. The second kappa shape index (κ2) is 7.13. The zero-order chi connectivity index (χ0) is 18.0. The number of hydrogen-bond donors (Lipinski definition) is 0. The predicted octanol–water partition coefficient (Wildman–Crippen LogP) is 4.28. The van der Waals surface area contributed by atoms with Crippen LogP contribution in [0.25, 0.3) is 0 Å². The van der Waals surface area contributed by atoms with Gasteiger partial charge in [-0.1, -0.05) is 30.3 Å². The lowest BCUT2D eigenvalue weighted by Crippen LogP contribution is -2.02. The van der Waals surface area contributed by atoms with Gasteiger partial charge >= 0.3 is 0 Å². The van der Waals surface area contributed by atoms with Crippen molar-refractivity contribution in [2.24, 2.45) is 0 Å². The third-order valence-electron chi connectivity index (χ3n) is 4.18. The Morgan fingerprint density at radius 2 is 1.81 bits per heavy atom. The van der Waals surface area contributed by atoms with Crippen molar-refractivity contribution in [2.45, 2.75) is 21.6 Å². The van der Waals surface area contributed by atoms with Crippen LogP contribution in [-0.2, 0) is 16.4 Å². The van der Waals surface area contributed by atoms with E-state index in [0.717, 1.165) is 16.2 Å². The second-order valence-corrected chi connectivity index (χ2v) is 9.26. The fourth-order valence-corrected chi connectivity index (χ4v) is 6.50. The summed E-state index contributed by atoms with van der Waals surface area (Å²) in [7, 11) is -3.30. The largest absolute Gasteiger partial charge is 0.487 e. The van der Waals surface area contributed by atoms with Crippen LogP contribution in [0.3, 0.4) is 0 Å². The minimum atomic E-state index is -3.30. The van der Waals surface area contributed by atoms with Crippen molar-refractivity contribution in [1.29, 1.82) is 0 Å². The Morgan fingerprint density at radius 1 is 1.00 bits per heavy atom. The van der Waals surface area contributed by atoms with E-state index in [1.807, 2.05) is 54.6 Å². The molecule has 132 valence electrons. The Hall–Kier alpha value is -2.31. The number of hydrogen-bond acceptors (Lipinski definition) is 5. The molecule has 26 heavy (non-hydrogen) atoms. The normalized spacial score (nSPS) is 17.6. The Balaban J connectivity index is 1.66. The lowest BCUT2D eigenvalue weighted by molar-refractivity contribution is 0.297. The summed E-state index contributed by atoms with van der Waals surface area (Å²) in [5.41, 5.74) is 1.57. The van der Waals surface area contributed by atoms with Crippen molar-refractivity contribution in [3.63, 3.8) is 0 Å². The highest BCUT2D eigenvalue weighted by atomic mass is 32.2. The molecule has 4 rings (SSSR count). The first kappa shape index (κ1) is 17.1. The lowest BCUT2D eigenvalue weighted by Gasteiger charge is -2.15. The maximum Gasteiger partial charge on any atom is 0.180 e. The van der Waals surface area contributed by atoms with Gasteiger partial charge in [0, 0.05) is 16.7 Å². The summed E-state index contributed by atoms with van der Waals surface area (Å²) in [5, 5.41) is -0.183. The second-order valence-electron chi connectivity index (χ2n) is 5.98. The van der Waals surface area contributed by atoms with Gasteiger partial charge in [-0.05, 0) is 36.4 Å². The molecule has 2 heterocycles. The molecule has 6 heteroatoms. The van der Waals surface area contributed by atoms with Gasteiger partial charge in [0.25, 0.3) is 0 Å². The monoisotopic (exact) mass is 383 g/mol. The van der Waals surface area contributed by atoms with E-state index in [0.29, 0.717) is 17.3 Å². The summed E-state index contributed by atoms with van der Waals surface area (Å²) in [4.78, 5) is 5.68. The summed E-state index contributed by atoms with van der Waals surface area (Å²) in [6, 6.07) is 20.7. The molecule has 1 atom stereocenters. The fourth-order valence-electron chi connectivity index (χ4n) is 3.00. The van der Waals surface area contributed by atoms with Crippen LogP contribution in [0, 0.1) is 0 Å². The molecule has 3 aromatic rings. The first-order valence-electron chi connectivity index (χ1n) is 8.23. The molecule has 1 aliphatic rings. The van der Waals surface area contributed by atoms with Crippen LogP contribution in [0.15, 0.2) is 82.7 Å². The van der Waals surface area contributed by atoms with Gasteiger partial charge in [-0.3, -0.25) is 4.98 Å². The van der Waals surface area contributed by atoms with Crippen molar-refractivity contribution in [3.05, 3.63) is 84.2 Å². The van der Waals surface area contributed by atoms with E-state index in [9.17, 15) is 8.42 Å².